The van der Waals surface area contributed by atoms with Crippen LogP contribution >= 0.6 is 0 Å². The van der Waals surface area contributed by atoms with Crippen LogP contribution in [0.3, 0.4) is 0 Å². The predicted molar refractivity (Wildman–Crippen MR) is 70.0 cm³/mol. The molecule has 0 bridgehead atoms. The molecule has 10 heteroatoms. The van der Waals surface area contributed by atoms with Crippen LogP contribution in [0.4, 0.5) is 9.28 Å². The molecule has 0 spiro atoms. The van der Waals surface area contributed by atoms with Gasteiger partial charge in [-0.3, -0.25) is 9.59 Å². The van der Waals surface area contributed by atoms with Gasteiger partial charge >= 0.3 is 12.1 Å². The fourth-order valence-corrected chi connectivity index (χ4v) is 1.32. The van der Waals surface area contributed by atoms with Crippen LogP contribution in [0.25, 0.3) is 0 Å². The van der Waals surface area contributed by atoms with Crippen molar-refractivity contribution in [2.75, 3.05) is 13.7 Å². The Balaban J connectivity index is 3.96. The van der Waals surface area contributed by atoms with Crippen LogP contribution in [0.1, 0.15) is 26.7 Å². The van der Waals surface area contributed by atoms with Crippen molar-refractivity contribution in [3.63, 3.8) is 0 Å². The summed E-state index contributed by atoms with van der Waals surface area (Å²) in [7, 11) is 1.44. The molecule has 0 aliphatic rings. The van der Waals surface area contributed by atoms with Crippen LogP contribution in [0.2, 0.25) is 0 Å². The first kappa shape index (κ1) is 19.6. The summed E-state index contributed by atoms with van der Waals surface area (Å²) in [5, 5.41) is 2.37. The average Bonchev–Trinajstić information content (AvgIpc) is 2.44. The molecule has 0 saturated carbocycles. The van der Waals surface area contributed by atoms with Crippen molar-refractivity contribution >= 4 is 23.9 Å². The molecule has 0 rings (SSSR count). The lowest BCUT2D eigenvalue weighted by molar-refractivity contribution is -0.153. The van der Waals surface area contributed by atoms with Crippen molar-refractivity contribution in [1.82, 2.24) is 10.9 Å². The van der Waals surface area contributed by atoms with Gasteiger partial charge in [0.25, 0.3) is 5.91 Å². The zero-order chi connectivity index (χ0) is 17.1. The minimum atomic E-state index is -1.20. The van der Waals surface area contributed by atoms with Crippen molar-refractivity contribution in [2.24, 2.45) is 0 Å². The van der Waals surface area contributed by atoms with E-state index in [9.17, 15) is 23.7 Å². The van der Waals surface area contributed by atoms with Gasteiger partial charge in [-0.15, -0.1) is 4.48 Å². The minimum Gasteiger partial charge on any atom is -0.460 e. The van der Waals surface area contributed by atoms with Crippen LogP contribution in [-0.2, 0) is 28.6 Å². The number of nitrogens with one attached hydrogen (secondary N) is 2. The highest BCUT2D eigenvalue weighted by Crippen LogP contribution is 2.02. The summed E-state index contributed by atoms with van der Waals surface area (Å²) < 4.78 is 25.6. The van der Waals surface area contributed by atoms with E-state index in [1.807, 2.05) is 0 Å². The Labute approximate surface area is 126 Å². The Bertz CT molecular complexity index is 378. The molecule has 126 valence electrons. The first-order chi connectivity index (χ1) is 10.3. The summed E-state index contributed by atoms with van der Waals surface area (Å²) in [6, 6.07) is 0. The number of carbonyl (C=O) groups is 4. The summed E-state index contributed by atoms with van der Waals surface area (Å²) in [6.07, 6.45) is -3.22. The van der Waals surface area contributed by atoms with Crippen LogP contribution in [-0.4, -0.2) is 49.8 Å². The summed E-state index contributed by atoms with van der Waals surface area (Å²) in [5.41, 5.74) is 0.883. The normalized spacial score (nSPS) is 12.5. The van der Waals surface area contributed by atoms with Crippen molar-refractivity contribution in [3.05, 3.63) is 0 Å². The quantitative estimate of drug-likeness (QED) is 0.476. The highest BCUT2D eigenvalue weighted by atomic mass is 19.2. The number of ether oxygens (including phenoxy) is 3. The van der Waals surface area contributed by atoms with Gasteiger partial charge in [-0.1, -0.05) is 0 Å². The Kier molecular flexibility index (Phi) is 9.23. The fraction of sp³-hybridized carbons (Fsp3) is 0.667. The lowest BCUT2D eigenvalue weighted by Gasteiger charge is -2.14. The zero-order valence-electron chi connectivity index (χ0n) is 12.5. The van der Waals surface area contributed by atoms with E-state index in [-0.39, 0.29) is 18.7 Å². The van der Waals surface area contributed by atoms with Crippen molar-refractivity contribution in [1.29, 1.82) is 0 Å². The topological polar surface area (TPSA) is 120 Å². The molecule has 22 heavy (non-hydrogen) atoms. The lowest BCUT2D eigenvalue weighted by Crippen LogP contribution is -2.28. The molecule has 0 fully saturated rings. The number of hydrogen-bond acceptors (Lipinski definition) is 7. The van der Waals surface area contributed by atoms with Gasteiger partial charge in [0, 0.05) is 7.05 Å². The second-order valence-corrected chi connectivity index (χ2v) is 4.37. The Hall–Kier alpha value is -2.39. The molecule has 2 N–H and O–H groups in total. The van der Waals surface area contributed by atoms with Crippen LogP contribution in [0, 0.1) is 0 Å². The molecule has 0 heterocycles. The Morgan fingerprint density at radius 2 is 1.55 bits per heavy atom. The smallest absolute Gasteiger partial charge is 0.460 e. The first-order valence-electron chi connectivity index (χ1n) is 6.41. The van der Waals surface area contributed by atoms with Gasteiger partial charge in [0.05, 0.1) is 12.8 Å². The maximum atomic E-state index is 11.7. The third kappa shape index (κ3) is 9.50. The van der Waals surface area contributed by atoms with Crippen LogP contribution in [0.5, 0.6) is 0 Å². The molecule has 2 unspecified atom stereocenters. The first-order valence-corrected chi connectivity index (χ1v) is 6.41. The van der Waals surface area contributed by atoms with Crippen LogP contribution < -0.4 is 10.9 Å². The van der Waals surface area contributed by atoms with Gasteiger partial charge < -0.3 is 19.5 Å². The molecule has 0 aliphatic heterocycles. The fourth-order valence-electron chi connectivity index (χ4n) is 1.32. The number of amides is 2. The van der Waals surface area contributed by atoms with Gasteiger partial charge in [0.15, 0.2) is 6.61 Å². The zero-order valence-corrected chi connectivity index (χ0v) is 12.5. The second kappa shape index (κ2) is 10.4. The van der Waals surface area contributed by atoms with Crippen molar-refractivity contribution in [3.8, 4) is 0 Å². The Morgan fingerprint density at radius 3 is 2.09 bits per heavy atom. The van der Waals surface area contributed by atoms with Gasteiger partial charge in [0.1, 0.15) is 12.2 Å². The van der Waals surface area contributed by atoms with E-state index < -0.39 is 36.8 Å². The van der Waals surface area contributed by atoms with Crippen LogP contribution in [0.15, 0.2) is 0 Å². The SMILES string of the molecule is CNC(=O)CC(C)OC(=O)COC(=O)OC(C)CC(=O)NF. The highest BCUT2D eigenvalue weighted by Gasteiger charge is 2.18. The van der Waals surface area contributed by atoms with Gasteiger partial charge in [-0.25, -0.2) is 9.59 Å². The van der Waals surface area contributed by atoms with E-state index in [2.05, 4.69) is 14.8 Å². The monoisotopic (exact) mass is 322 g/mol. The predicted octanol–water partition coefficient (Wildman–Crippen LogP) is -0.0133. The summed E-state index contributed by atoms with van der Waals surface area (Å²) in [5.74, 6) is -2.12. The number of carbonyl (C=O) groups excluding carboxylic acids is 4. The molecule has 0 aromatic rings. The van der Waals surface area contributed by atoms with E-state index in [1.54, 1.807) is 0 Å². The highest BCUT2D eigenvalue weighted by molar-refractivity contribution is 5.78. The number of hydrogen-bond donors (Lipinski definition) is 2. The summed E-state index contributed by atoms with van der Waals surface area (Å²) in [6.45, 7) is 2.14. The molecular formula is C12H19FN2O7. The molecular weight excluding hydrogens is 303 g/mol. The van der Waals surface area contributed by atoms with E-state index in [0.717, 1.165) is 5.54 Å². The van der Waals surface area contributed by atoms with E-state index >= 15 is 0 Å². The summed E-state index contributed by atoms with van der Waals surface area (Å²) >= 11 is 0. The molecule has 0 aromatic heterocycles. The largest absolute Gasteiger partial charge is 0.509 e. The average molecular weight is 322 g/mol. The molecule has 0 saturated heterocycles. The third-order valence-corrected chi connectivity index (χ3v) is 2.27. The van der Waals surface area contributed by atoms with E-state index in [1.165, 1.54) is 20.9 Å². The molecule has 0 radical (unpaired) electrons. The maximum Gasteiger partial charge on any atom is 0.509 e. The standard InChI is InChI=1S/C12H19FN2O7/c1-7(4-9(16)14-3)21-11(18)6-20-12(19)22-8(2)5-10(17)15-13/h7-8H,4-6H2,1-3H3,(H,14,16)(H,15,17). The van der Waals surface area contributed by atoms with Gasteiger partial charge in [0.2, 0.25) is 5.91 Å². The maximum absolute atomic E-state index is 11.7. The lowest BCUT2D eigenvalue weighted by atomic mass is 10.3. The molecule has 2 atom stereocenters. The van der Waals surface area contributed by atoms with Gasteiger partial charge in [-0.05, 0) is 13.8 Å². The number of esters is 1. The van der Waals surface area contributed by atoms with Gasteiger partial charge in [-0.2, -0.15) is 5.54 Å². The van der Waals surface area contributed by atoms with Crippen molar-refractivity contribution in [2.45, 2.75) is 38.9 Å². The molecule has 0 aliphatic carbocycles. The third-order valence-electron chi connectivity index (χ3n) is 2.27. The number of rotatable bonds is 8. The van der Waals surface area contributed by atoms with Crippen molar-refractivity contribution < 1.29 is 37.9 Å². The van der Waals surface area contributed by atoms with E-state index in [0.29, 0.717) is 0 Å². The molecule has 2 amide bonds. The molecule has 9 nitrogen and oxygen atoms in total. The second-order valence-electron chi connectivity index (χ2n) is 4.37. The Morgan fingerprint density at radius 1 is 1.00 bits per heavy atom. The number of halogens is 1. The molecule has 0 aromatic carbocycles. The minimum absolute atomic E-state index is 0.0257. The summed E-state index contributed by atoms with van der Waals surface area (Å²) in [4.78, 5) is 44.2. The van der Waals surface area contributed by atoms with E-state index in [4.69, 9.17) is 4.74 Å².